The molecule has 3 heterocycles. The summed E-state index contributed by atoms with van der Waals surface area (Å²) in [6.07, 6.45) is 1.78. The number of fused-ring (bicyclic) bond motifs is 1. The lowest BCUT2D eigenvalue weighted by Gasteiger charge is -2.24. The van der Waals surface area contributed by atoms with E-state index in [1.165, 1.54) is 11.3 Å². The summed E-state index contributed by atoms with van der Waals surface area (Å²) < 4.78 is 12.5. The predicted molar refractivity (Wildman–Crippen MR) is 154 cm³/mol. The van der Waals surface area contributed by atoms with Crippen LogP contribution in [0.15, 0.2) is 81.7 Å². The third-order valence-electron chi connectivity index (χ3n) is 6.59. The summed E-state index contributed by atoms with van der Waals surface area (Å²) in [5.74, 6) is -0.861. The van der Waals surface area contributed by atoms with Gasteiger partial charge in [0, 0.05) is 11.4 Å². The summed E-state index contributed by atoms with van der Waals surface area (Å²) in [4.78, 5) is 47.5. The summed E-state index contributed by atoms with van der Waals surface area (Å²) in [6, 6.07) is 18.1. The first-order valence-electron chi connectivity index (χ1n) is 13.0. The molecule has 0 aliphatic carbocycles. The number of H-pyrrole nitrogens is 1. The standard InChI is InChI=1S/C31H29N3O5S/c1-5-38-29(36)22-9-7-8-21(16-22)24-15-14-23(33-24)17-25-28(35)34-27(20-12-10-18(3)11-13-20)26(30(37)39-6-2)19(4)32-31(34)40-25/h7-17,27,33H,5-6H2,1-4H3. The van der Waals surface area contributed by atoms with Crippen LogP contribution in [0.25, 0.3) is 17.3 Å². The first-order valence-corrected chi connectivity index (χ1v) is 13.8. The Morgan fingerprint density at radius 1 is 1.00 bits per heavy atom. The number of esters is 2. The summed E-state index contributed by atoms with van der Waals surface area (Å²) in [6.45, 7) is 7.80. The molecule has 0 radical (unpaired) electrons. The fourth-order valence-electron chi connectivity index (χ4n) is 4.69. The average molecular weight is 556 g/mol. The van der Waals surface area contributed by atoms with E-state index in [-0.39, 0.29) is 18.1 Å². The minimum absolute atomic E-state index is 0.221. The molecule has 1 unspecified atom stereocenters. The first-order chi connectivity index (χ1) is 19.3. The summed E-state index contributed by atoms with van der Waals surface area (Å²) >= 11 is 1.27. The number of aryl methyl sites for hydroxylation is 1. The van der Waals surface area contributed by atoms with Crippen molar-refractivity contribution in [1.29, 1.82) is 0 Å². The van der Waals surface area contributed by atoms with Gasteiger partial charge in [-0.25, -0.2) is 14.6 Å². The predicted octanol–water partition coefficient (Wildman–Crippen LogP) is 4.28. The molecule has 0 spiro atoms. The van der Waals surface area contributed by atoms with Crippen LogP contribution in [-0.2, 0) is 14.3 Å². The van der Waals surface area contributed by atoms with E-state index in [1.54, 1.807) is 49.6 Å². The van der Waals surface area contributed by atoms with E-state index in [1.807, 2.05) is 49.4 Å². The van der Waals surface area contributed by atoms with Crippen molar-refractivity contribution in [3.05, 3.63) is 114 Å². The lowest BCUT2D eigenvalue weighted by molar-refractivity contribution is -0.139. The number of ether oxygens (including phenoxy) is 2. The topological polar surface area (TPSA) is 103 Å². The van der Waals surface area contributed by atoms with Crippen LogP contribution >= 0.6 is 11.3 Å². The number of carbonyl (C=O) groups excluding carboxylic acids is 2. The van der Waals surface area contributed by atoms with E-state index in [9.17, 15) is 14.4 Å². The Kier molecular flexibility index (Phi) is 7.66. The Morgan fingerprint density at radius 2 is 1.73 bits per heavy atom. The molecule has 0 bridgehead atoms. The van der Waals surface area contributed by atoms with Crippen LogP contribution in [0.2, 0.25) is 0 Å². The molecule has 204 valence electrons. The number of benzene rings is 2. The van der Waals surface area contributed by atoms with Crippen LogP contribution in [0.4, 0.5) is 0 Å². The monoisotopic (exact) mass is 555 g/mol. The first kappa shape index (κ1) is 27.1. The number of aromatic nitrogens is 2. The fourth-order valence-corrected chi connectivity index (χ4v) is 5.73. The molecular formula is C31H29N3O5S. The van der Waals surface area contributed by atoms with Crippen molar-refractivity contribution in [2.75, 3.05) is 13.2 Å². The van der Waals surface area contributed by atoms with Crippen LogP contribution < -0.4 is 14.9 Å². The van der Waals surface area contributed by atoms with E-state index in [4.69, 9.17) is 9.47 Å². The summed E-state index contributed by atoms with van der Waals surface area (Å²) in [5.41, 5.74) is 5.31. The minimum atomic E-state index is -0.650. The van der Waals surface area contributed by atoms with Gasteiger partial charge in [-0.05, 0) is 69.2 Å². The molecule has 1 atom stereocenters. The Hall–Kier alpha value is -4.50. The van der Waals surface area contributed by atoms with Gasteiger partial charge in [0.2, 0.25) is 0 Å². The summed E-state index contributed by atoms with van der Waals surface area (Å²) in [5, 5.41) is 0. The normalized spacial score (nSPS) is 15.0. The highest BCUT2D eigenvalue weighted by Gasteiger charge is 2.33. The number of carbonyl (C=O) groups is 2. The van der Waals surface area contributed by atoms with Crippen LogP contribution in [-0.4, -0.2) is 34.7 Å². The maximum atomic E-state index is 13.8. The van der Waals surface area contributed by atoms with Gasteiger partial charge in [0.15, 0.2) is 4.80 Å². The quantitative estimate of drug-likeness (QED) is 0.343. The second-order valence-electron chi connectivity index (χ2n) is 9.34. The number of allylic oxidation sites excluding steroid dienone is 1. The highest BCUT2D eigenvalue weighted by Crippen LogP contribution is 2.31. The number of thiazole rings is 1. The summed E-state index contributed by atoms with van der Waals surface area (Å²) in [7, 11) is 0. The number of hydrogen-bond donors (Lipinski definition) is 1. The molecule has 2 aromatic heterocycles. The maximum absolute atomic E-state index is 13.8. The van der Waals surface area contributed by atoms with Gasteiger partial charge in [-0.2, -0.15) is 0 Å². The Morgan fingerprint density at radius 3 is 2.45 bits per heavy atom. The molecular weight excluding hydrogens is 526 g/mol. The molecule has 1 N–H and O–H groups in total. The molecule has 0 saturated heterocycles. The molecule has 9 heteroatoms. The van der Waals surface area contributed by atoms with Gasteiger partial charge in [-0.1, -0.05) is 53.3 Å². The van der Waals surface area contributed by atoms with Crippen LogP contribution in [0.1, 0.15) is 54.0 Å². The van der Waals surface area contributed by atoms with E-state index in [2.05, 4.69) is 9.98 Å². The van der Waals surface area contributed by atoms with Gasteiger partial charge in [0.05, 0.1) is 40.6 Å². The zero-order chi connectivity index (χ0) is 28.4. The van der Waals surface area contributed by atoms with Crippen molar-refractivity contribution >= 4 is 29.4 Å². The average Bonchev–Trinajstić information content (AvgIpc) is 3.53. The van der Waals surface area contributed by atoms with E-state index in [0.717, 1.165) is 28.1 Å². The maximum Gasteiger partial charge on any atom is 0.338 e. The van der Waals surface area contributed by atoms with Crippen molar-refractivity contribution in [2.45, 2.75) is 33.7 Å². The molecule has 0 saturated carbocycles. The van der Waals surface area contributed by atoms with Crippen molar-refractivity contribution in [1.82, 2.24) is 9.55 Å². The van der Waals surface area contributed by atoms with Gasteiger partial charge in [0.25, 0.3) is 5.56 Å². The Labute approximate surface area is 234 Å². The second-order valence-corrected chi connectivity index (χ2v) is 10.4. The van der Waals surface area contributed by atoms with Gasteiger partial charge in [-0.3, -0.25) is 9.36 Å². The van der Waals surface area contributed by atoms with Crippen molar-refractivity contribution in [2.24, 2.45) is 4.99 Å². The molecule has 1 aliphatic heterocycles. The molecule has 1 aliphatic rings. The SMILES string of the molecule is CCOC(=O)C1=C(C)N=c2sc(=Cc3ccc(-c4cccc(C(=O)OCC)c4)[nH]3)c(=O)n2C1c1ccc(C)cc1. The number of hydrogen-bond acceptors (Lipinski definition) is 7. The minimum Gasteiger partial charge on any atom is -0.463 e. The van der Waals surface area contributed by atoms with Crippen LogP contribution in [0, 0.1) is 6.92 Å². The molecule has 0 amide bonds. The zero-order valence-electron chi connectivity index (χ0n) is 22.7. The number of nitrogens with zero attached hydrogens (tertiary/aromatic N) is 2. The fraction of sp³-hybridized carbons (Fsp3) is 0.226. The zero-order valence-corrected chi connectivity index (χ0v) is 23.5. The van der Waals surface area contributed by atoms with Crippen LogP contribution in [0.3, 0.4) is 0 Å². The molecule has 0 fully saturated rings. The Balaban J connectivity index is 1.57. The highest BCUT2D eigenvalue weighted by molar-refractivity contribution is 7.07. The molecule has 8 nitrogen and oxygen atoms in total. The molecule has 40 heavy (non-hydrogen) atoms. The third-order valence-corrected chi connectivity index (χ3v) is 7.57. The largest absolute Gasteiger partial charge is 0.463 e. The Bertz CT molecular complexity index is 1810. The van der Waals surface area contributed by atoms with E-state index >= 15 is 0 Å². The van der Waals surface area contributed by atoms with Crippen molar-refractivity contribution < 1.29 is 19.1 Å². The second kappa shape index (κ2) is 11.3. The number of rotatable bonds is 7. The van der Waals surface area contributed by atoms with Gasteiger partial charge < -0.3 is 14.5 Å². The number of nitrogens with one attached hydrogen (secondary N) is 1. The van der Waals surface area contributed by atoms with Crippen molar-refractivity contribution in [3.63, 3.8) is 0 Å². The van der Waals surface area contributed by atoms with Gasteiger partial charge >= 0.3 is 11.9 Å². The molecule has 4 aromatic rings. The number of aromatic amines is 1. The van der Waals surface area contributed by atoms with Gasteiger partial charge in [-0.15, -0.1) is 0 Å². The smallest absolute Gasteiger partial charge is 0.338 e. The van der Waals surface area contributed by atoms with Gasteiger partial charge in [0.1, 0.15) is 0 Å². The van der Waals surface area contributed by atoms with Crippen molar-refractivity contribution in [3.8, 4) is 11.3 Å². The van der Waals surface area contributed by atoms with E-state index < -0.39 is 12.0 Å². The highest BCUT2D eigenvalue weighted by atomic mass is 32.1. The molecule has 2 aromatic carbocycles. The lowest BCUT2D eigenvalue weighted by atomic mass is 9.95. The molecule has 5 rings (SSSR count). The van der Waals surface area contributed by atoms with Crippen LogP contribution in [0.5, 0.6) is 0 Å². The third kappa shape index (κ3) is 5.20. The van der Waals surface area contributed by atoms with E-state index in [0.29, 0.717) is 32.8 Å². The lowest BCUT2D eigenvalue weighted by Crippen LogP contribution is -2.39.